The number of nitrogens with zero attached hydrogens (tertiary/aromatic N) is 1. The van der Waals surface area contributed by atoms with E-state index in [1.165, 1.54) is 16.3 Å². The molecule has 0 aliphatic carbocycles. The molecular weight excluding hydrogens is 458 g/mol. The van der Waals surface area contributed by atoms with E-state index in [9.17, 15) is 9.59 Å². The van der Waals surface area contributed by atoms with Crippen LogP contribution in [0.4, 0.5) is 5.69 Å². The number of hydrogen-bond donors (Lipinski definition) is 2. The molecule has 2 N–H and O–H groups in total. The number of anilines is 1. The average Bonchev–Trinajstić information content (AvgIpc) is 2.83. The lowest BCUT2D eigenvalue weighted by Gasteiger charge is -2.21. The first-order chi connectivity index (χ1) is 16.0. The van der Waals surface area contributed by atoms with Crippen LogP contribution in [0, 0.1) is 4.77 Å². The number of benzene rings is 3. The Kier molecular flexibility index (Phi) is 5.65. The van der Waals surface area contributed by atoms with Crippen molar-refractivity contribution in [2.24, 2.45) is 7.05 Å². The van der Waals surface area contributed by atoms with Crippen molar-refractivity contribution in [3.8, 4) is 11.5 Å². The molecule has 1 aromatic heterocycles. The first-order valence-electron chi connectivity index (χ1n) is 10.2. The van der Waals surface area contributed by atoms with Gasteiger partial charge in [0.25, 0.3) is 11.5 Å². The second kappa shape index (κ2) is 8.76. The number of amides is 1. The molecule has 1 aliphatic rings. The van der Waals surface area contributed by atoms with Crippen LogP contribution in [0.25, 0.3) is 10.9 Å². The van der Waals surface area contributed by atoms with Crippen LogP contribution in [0.15, 0.2) is 75.2 Å². The van der Waals surface area contributed by atoms with Crippen molar-refractivity contribution in [2.75, 3.05) is 18.5 Å². The number of carbonyl (C=O) groups is 1. The van der Waals surface area contributed by atoms with E-state index in [0.717, 1.165) is 9.79 Å². The van der Waals surface area contributed by atoms with Gasteiger partial charge in [-0.05, 0) is 42.5 Å². The van der Waals surface area contributed by atoms with Crippen LogP contribution in [-0.4, -0.2) is 28.7 Å². The first-order valence-corrected chi connectivity index (χ1v) is 11.4. The van der Waals surface area contributed by atoms with Crippen LogP contribution in [0.3, 0.4) is 0 Å². The van der Waals surface area contributed by atoms with E-state index < -0.39 is 0 Å². The first kappa shape index (κ1) is 21.3. The van der Waals surface area contributed by atoms with Gasteiger partial charge in [-0.2, -0.15) is 0 Å². The van der Waals surface area contributed by atoms with Gasteiger partial charge in [0.15, 0.2) is 16.3 Å². The van der Waals surface area contributed by atoms with E-state index in [2.05, 4.69) is 10.3 Å². The highest BCUT2D eigenvalue weighted by atomic mass is 32.2. The van der Waals surface area contributed by atoms with Crippen molar-refractivity contribution in [1.82, 2.24) is 9.55 Å². The molecule has 0 saturated heterocycles. The topological polar surface area (TPSA) is 85.3 Å². The molecule has 0 bridgehead atoms. The van der Waals surface area contributed by atoms with Crippen molar-refractivity contribution in [1.29, 1.82) is 0 Å². The summed E-state index contributed by atoms with van der Waals surface area (Å²) in [6, 6.07) is 18.4. The van der Waals surface area contributed by atoms with Crippen molar-refractivity contribution < 1.29 is 14.3 Å². The Labute approximate surface area is 198 Å². The Balaban J connectivity index is 1.51. The van der Waals surface area contributed by atoms with Crippen LogP contribution >= 0.6 is 24.0 Å². The number of nitrogens with one attached hydrogen (secondary N) is 2. The number of aromatic amines is 1. The molecule has 2 heterocycles. The Morgan fingerprint density at radius 1 is 1.06 bits per heavy atom. The highest BCUT2D eigenvalue weighted by Gasteiger charge is 2.19. The number of rotatable bonds is 4. The number of H-pyrrole nitrogens is 1. The summed E-state index contributed by atoms with van der Waals surface area (Å²) < 4.78 is 13.1. The van der Waals surface area contributed by atoms with Crippen LogP contribution in [-0.2, 0) is 7.05 Å². The van der Waals surface area contributed by atoms with Gasteiger partial charge in [0.2, 0.25) is 0 Å². The van der Waals surface area contributed by atoms with E-state index in [4.69, 9.17) is 21.7 Å². The maximum absolute atomic E-state index is 13.2. The minimum atomic E-state index is -0.316. The highest BCUT2D eigenvalue weighted by Crippen LogP contribution is 2.42. The third-order valence-electron chi connectivity index (χ3n) is 5.23. The molecule has 1 aliphatic heterocycles. The van der Waals surface area contributed by atoms with E-state index in [1.807, 2.05) is 36.4 Å². The lowest BCUT2D eigenvalue weighted by atomic mass is 10.1. The standard InChI is InChI=1S/C24H19N3O4S2/c1-27-23(29)16-8-7-14(11-17(16)26-24(27)32)22(28)25-18-12-19-20(31-10-9-30-19)13-21(18)33-15-5-3-2-4-6-15/h2-8,11-13H,9-10H2,1H3,(H,25,28)(H,26,32). The van der Waals surface area contributed by atoms with E-state index in [1.54, 1.807) is 31.3 Å². The van der Waals surface area contributed by atoms with Crippen LogP contribution in [0.2, 0.25) is 0 Å². The quantitative estimate of drug-likeness (QED) is 0.412. The Morgan fingerprint density at radius 2 is 1.79 bits per heavy atom. The molecule has 166 valence electrons. The third kappa shape index (κ3) is 4.24. The van der Waals surface area contributed by atoms with Crippen LogP contribution in [0.5, 0.6) is 11.5 Å². The van der Waals surface area contributed by atoms with Crippen LogP contribution < -0.4 is 20.3 Å². The Morgan fingerprint density at radius 3 is 2.55 bits per heavy atom. The summed E-state index contributed by atoms with van der Waals surface area (Å²) in [5.74, 6) is 0.912. The van der Waals surface area contributed by atoms with Gasteiger partial charge in [-0.1, -0.05) is 30.0 Å². The van der Waals surface area contributed by atoms with E-state index in [0.29, 0.717) is 51.6 Å². The average molecular weight is 478 g/mol. The monoisotopic (exact) mass is 477 g/mol. The smallest absolute Gasteiger partial charge is 0.261 e. The zero-order valence-electron chi connectivity index (χ0n) is 17.6. The molecular formula is C24H19N3O4S2. The summed E-state index contributed by atoms with van der Waals surface area (Å²) in [6.07, 6.45) is 0. The molecule has 0 unspecified atom stereocenters. The molecule has 0 fully saturated rings. The Hall–Kier alpha value is -3.56. The fourth-order valence-corrected chi connectivity index (χ4v) is 4.64. The van der Waals surface area contributed by atoms with Gasteiger partial charge < -0.3 is 19.8 Å². The van der Waals surface area contributed by atoms with Gasteiger partial charge in [0.05, 0.1) is 16.6 Å². The normalized spacial score (nSPS) is 12.5. The minimum Gasteiger partial charge on any atom is -0.486 e. The summed E-state index contributed by atoms with van der Waals surface area (Å²) in [5.41, 5.74) is 1.30. The zero-order chi connectivity index (χ0) is 22.9. The Bertz CT molecular complexity index is 1500. The zero-order valence-corrected chi connectivity index (χ0v) is 19.2. The molecule has 9 heteroatoms. The van der Waals surface area contributed by atoms with Gasteiger partial charge >= 0.3 is 0 Å². The molecule has 0 atom stereocenters. The number of aromatic nitrogens is 2. The fourth-order valence-electron chi connectivity index (χ4n) is 3.51. The predicted molar refractivity (Wildman–Crippen MR) is 130 cm³/mol. The molecule has 33 heavy (non-hydrogen) atoms. The molecule has 7 nitrogen and oxygen atoms in total. The maximum atomic E-state index is 13.2. The molecule has 4 aromatic rings. The molecule has 0 radical (unpaired) electrons. The van der Waals surface area contributed by atoms with Gasteiger partial charge in [-0.25, -0.2) is 0 Å². The molecule has 1 amide bonds. The summed E-state index contributed by atoms with van der Waals surface area (Å²) in [6.45, 7) is 0.927. The fraction of sp³-hybridized carbons (Fsp3) is 0.125. The van der Waals surface area contributed by atoms with Crippen LogP contribution in [0.1, 0.15) is 10.4 Å². The summed E-state index contributed by atoms with van der Waals surface area (Å²) in [7, 11) is 1.61. The van der Waals surface area contributed by atoms with Gasteiger partial charge in [0, 0.05) is 34.5 Å². The van der Waals surface area contributed by atoms with Crippen molar-refractivity contribution in [3.63, 3.8) is 0 Å². The number of ether oxygens (including phenoxy) is 2. The largest absolute Gasteiger partial charge is 0.486 e. The second-order valence-electron chi connectivity index (χ2n) is 7.42. The highest BCUT2D eigenvalue weighted by molar-refractivity contribution is 7.99. The van der Waals surface area contributed by atoms with Gasteiger partial charge in [-0.15, -0.1) is 0 Å². The molecule has 5 rings (SSSR count). The maximum Gasteiger partial charge on any atom is 0.261 e. The SMILES string of the molecule is Cn1c(=S)[nH]c2cc(C(=O)Nc3cc4c(cc3Sc3ccccc3)OCCO4)ccc2c1=O. The predicted octanol–water partition coefficient (Wildman–Crippen LogP) is 4.77. The molecule has 0 saturated carbocycles. The summed E-state index contributed by atoms with van der Waals surface area (Å²) in [4.78, 5) is 30.4. The number of hydrogen-bond acceptors (Lipinski definition) is 6. The van der Waals surface area contributed by atoms with Crippen molar-refractivity contribution in [2.45, 2.75) is 9.79 Å². The summed E-state index contributed by atoms with van der Waals surface area (Å²) in [5, 5.41) is 3.44. The van der Waals surface area contributed by atoms with Gasteiger partial charge in [0.1, 0.15) is 13.2 Å². The molecule has 3 aromatic carbocycles. The molecule has 0 spiro atoms. The number of fused-ring (bicyclic) bond motifs is 2. The van der Waals surface area contributed by atoms with Crippen molar-refractivity contribution in [3.05, 3.63) is 81.4 Å². The van der Waals surface area contributed by atoms with Gasteiger partial charge in [-0.3, -0.25) is 14.2 Å². The van der Waals surface area contributed by atoms with E-state index >= 15 is 0 Å². The summed E-state index contributed by atoms with van der Waals surface area (Å²) >= 11 is 6.71. The van der Waals surface area contributed by atoms with E-state index in [-0.39, 0.29) is 11.5 Å². The lowest BCUT2D eigenvalue weighted by Crippen LogP contribution is -2.19. The number of carbonyl (C=O) groups excluding carboxylic acids is 1. The minimum absolute atomic E-state index is 0.214. The second-order valence-corrected chi connectivity index (χ2v) is 8.92. The third-order valence-corrected chi connectivity index (χ3v) is 6.67. The van der Waals surface area contributed by atoms with Crippen molar-refractivity contribution >= 4 is 46.5 Å². The lowest BCUT2D eigenvalue weighted by molar-refractivity contribution is 0.102.